The van der Waals surface area contributed by atoms with Crippen LogP contribution in [0.25, 0.3) is 6.08 Å². The number of nitrogens with zero attached hydrogens (tertiary/aromatic N) is 2. The van der Waals surface area contributed by atoms with Crippen LogP contribution < -0.4 is 4.90 Å². The number of imide groups is 1. The number of thioether (sulfide) groups is 1. The number of halogens is 1. The van der Waals surface area contributed by atoms with Gasteiger partial charge >= 0.3 is 0 Å². The van der Waals surface area contributed by atoms with Crippen molar-refractivity contribution < 1.29 is 9.59 Å². The van der Waals surface area contributed by atoms with Crippen LogP contribution in [0.1, 0.15) is 15.9 Å². The lowest BCUT2D eigenvalue weighted by molar-refractivity contribution is -0.120. The Kier molecular flexibility index (Phi) is 5.46. The fourth-order valence-electron chi connectivity index (χ4n) is 2.38. The zero-order valence-corrected chi connectivity index (χ0v) is 16.5. The lowest BCUT2D eigenvalue weighted by Crippen LogP contribution is -2.34. The van der Waals surface area contributed by atoms with Gasteiger partial charge in [-0.1, -0.05) is 47.7 Å². The van der Waals surface area contributed by atoms with Crippen molar-refractivity contribution in [3.63, 3.8) is 0 Å². The molecular weight excluding hydrogens is 388 g/mol. The predicted molar refractivity (Wildman–Crippen MR) is 112 cm³/mol. The Morgan fingerprint density at radius 1 is 1.12 bits per heavy atom. The fraction of sp³-hybridized carbons (Fsp3) is 0.105. The van der Waals surface area contributed by atoms with Crippen molar-refractivity contribution in [3.8, 4) is 0 Å². The number of hydrogen-bond donors (Lipinski definition) is 0. The molecule has 132 valence electrons. The summed E-state index contributed by atoms with van der Waals surface area (Å²) in [6.45, 7) is 0. The van der Waals surface area contributed by atoms with Crippen LogP contribution in [-0.2, 0) is 4.79 Å². The number of anilines is 1. The zero-order valence-electron chi connectivity index (χ0n) is 14.1. The molecular formula is C19H15ClN2O2S2. The zero-order chi connectivity index (χ0) is 18.8. The van der Waals surface area contributed by atoms with Crippen molar-refractivity contribution in [2.45, 2.75) is 0 Å². The molecule has 0 N–H and O–H groups in total. The lowest BCUT2D eigenvalue weighted by Gasteiger charge is -2.12. The SMILES string of the molecule is CN(C)c1ccc(C=C2SC(=S)N(C(=O)c3ccc(Cl)cc3)C2=O)cc1. The molecule has 1 saturated heterocycles. The van der Waals surface area contributed by atoms with Gasteiger partial charge in [-0.3, -0.25) is 9.59 Å². The maximum atomic E-state index is 12.7. The minimum atomic E-state index is -0.449. The minimum absolute atomic E-state index is 0.228. The lowest BCUT2D eigenvalue weighted by atomic mass is 10.1. The van der Waals surface area contributed by atoms with Crippen molar-refractivity contribution in [3.05, 3.63) is 69.6 Å². The van der Waals surface area contributed by atoms with Crippen molar-refractivity contribution >= 4 is 63.5 Å². The molecule has 0 bridgehead atoms. The summed E-state index contributed by atoms with van der Waals surface area (Å²) < 4.78 is 0.228. The summed E-state index contributed by atoms with van der Waals surface area (Å²) in [6, 6.07) is 14.1. The third-order valence-electron chi connectivity index (χ3n) is 3.80. The van der Waals surface area contributed by atoms with Crippen LogP contribution in [-0.4, -0.2) is 35.1 Å². The molecule has 1 heterocycles. The Balaban J connectivity index is 1.84. The first kappa shape index (κ1) is 18.6. The van der Waals surface area contributed by atoms with E-state index in [1.54, 1.807) is 30.3 Å². The normalized spacial score (nSPS) is 15.7. The topological polar surface area (TPSA) is 40.6 Å². The standard InChI is InChI=1S/C19H15ClN2O2S2/c1-21(2)15-9-3-12(4-10-15)11-16-18(24)22(19(25)26-16)17(23)13-5-7-14(20)8-6-13/h3-11H,1-2H3. The van der Waals surface area contributed by atoms with Crippen LogP contribution in [0, 0.1) is 0 Å². The summed E-state index contributed by atoms with van der Waals surface area (Å²) in [7, 11) is 3.92. The first-order valence-corrected chi connectivity index (χ1v) is 9.32. The molecule has 0 radical (unpaired) electrons. The average Bonchev–Trinajstić information content (AvgIpc) is 2.89. The summed E-state index contributed by atoms with van der Waals surface area (Å²) in [5, 5.41) is 0.521. The monoisotopic (exact) mass is 402 g/mol. The molecule has 0 aliphatic carbocycles. The second-order valence-corrected chi connectivity index (χ2v) is 7.93. The Morgan fingerprint density at radius 2 is 1.73 bits per heavy atom. The number of carbonyl (C=O) groups excluding carboxylic acids is 2. The second kappa shape index (κ2) is 7.61. The van der Waals surface area contributed by atoms with Gasteiger partial charge in [-0.15, -0.1) is 0 Å². The Hall–Kier alpha value is -2.15. The average molecular weight is 403 g/mol. The highest BCUT2D eigenvalue weighted by Crippen LogP contribution is 2.34. The van der Waals surface area contributed by atoms with Crippen molar-refractivity contribution in [1.29, 1.82) is 0 Å². The van der Waals surface area contributed by atoms with Crippen LogP contribution in [0.3, 0.4) is 0 Å². The van der Waals surface area contributed by atoms with Crippen LogP contribution >= 0.6 is 35.6 Å². The van der Waals surface area contributed by atoms with Crippen LogP contribution in [0.15, 0.2) is 53.4 Å². The van der Waals surface area contributed by atoms with Crippen LogP contribution in [0.5, 0.6) is 0 Å². The number of amides is 2. The molecule has 0 saturated carbocycles. The molecule has 4 nitrogen and oxygen atoms in total. The molecule has 7 heteroatoms. The first-order valence-electron chi connectivity index (χ1n) is 7.72. The Labute approximate surface area is 166 Å². The van der Waals surface area contributed by atoms with Gasteiger partial charge in [-0.2, -0.15) is 0 Å². The first-order chi connectivity index (χ1) is 12.4. The third kappa shape index (κ3) is 3.82. The number of thiocarbonyl (C=S) groups is 1. The van der Waals surface area contributed by atoms with Crippen LogP contribution in [0.4, 0.5) is 5.69 Å². The van der Waals surface area contributed by atoms with Gasteiger partial charge in [-0.25, -0.2) is 4.90 Å². The van der Waals surface area contributed by atoms with Gasteiger partial charge in [0, 0.05) is 30.4 Å². The van der Waals surface area contributed by atoms with E-state index in [4.69, 9.17) is 23.8 Å². The quantitative estimate of drug-likeness (QED) is 0.431. The molecule has 0 spiro atoms. The highest BCUT2D eigenvalue weighted by atomic mass is 35.5. The second-order valence-electron chi connectivity index (χ2n) is 5.82. The van der Waals surface area contributed by atoms with E-state index in [0.717, 1.165) is 27.9 Å². The number of rotatable bonds is 3. The summed E-state index contributed by atoms with van der Waals surface area (Å²) in [4.78, 5) is 28.7. The largest absolute Gasteiger partial charge is 0.378 e. The molecule has 0 atom stereocenters. The molecule has 1 fully saturated rings. The van der Waals surface area contributed by atoms with Gasteiger partial charge in [0.1, 0.15) is 0 Å². The van der Waals surface area contributed by atoms with E-state index in [1.807, 2.05) is 43.3 Å². The summed E-state index contributed by atoms with van der Waals surface area (Å²) in [5.74, 6) is -0.854. The third-order valence-corrected chi connectivity index (χ3v) is 5.35. The molecule has 3 rings (SSSR count). The molecule has 1 aliphatic heterocycles. The van der Waals surface area contributed by atoms with Gasteiger partial charge in [0.2, 0.25) is 0 Å². The van der Waals surface area contributed by atoms with E-state index in [2.05, 4.69) is 0 Å². The van der Waals surface area contributed by atoms with Gasteiger partial charge in [0.15, 0.2) is 4.32 Å². The number of hydrogen-bond acceptors (Lipinski definition) is 5. The molecule has 26 heavy (non-hydrogen) atoms. The highest BCUT2D eigenvalue weighted by Gasteiger charge is 2.37. The molecule has 2 aromatic carbocycles. The fourth-order valence-corrected chi connectivity index (χ4v) is 3.76. The number of benzene rings is 2. The molecule has 0 unspecified atom stereocenters. The Bertz CT molecular complexity index is 906. The van der Waals surface area contributed by atoms with Gasteiger partial charge < -0.3 is 4.90 Å². The van der Waals surface area contributed by atoms with Crippen molar-refractivity contribution in [2.75, 3.05) is 19.0 Å². The molecule has 2 aromatic rings. The maximum Gasteiger partial charge on any atom is 0.273 e. The maximum absolute atomic E-state index is 12.7. The predicted octanol–water partition coefficient (Wildman–Crippen LogP) is 4.45. The molecule has 0 aromatic heterocycles. The highest BCUT2D eigenvalue weighted by molar-refractivity contribution is 8.26. The van der Waals surface area contributed by atoms with Gasteiger partial charge in [-0.05, 0) is 48.0 Å². The summed E-state index contributed by atoms with van der Waals surface area (Å²) in [5.41, 5.74) is 2.30. The number of carbonyl (C=O) groups is 2. The van der Waals surface area contributed by atoms with Gasteiger partial charge in [0.25, 0.3) is 11.8 Å². The summed E-state index contributed by atoms with van der Waals surface area (Å²) >= 11 is 12.2. The van der Waals surface area contributed by atoms with E-state index in [1.165, 1.54) is 0 Å². The van der Waals surface area contributed by atoms with Crippen molar-refractivity contribution in [2.24, 2.45) is 0 Å². The minimum Gasteiger partial charge on any atom is -0.378 e. The summed E-state index contributed by atoms with van der Waals surface area (Å²) in [6.07, 6.45) is 1.74. The van der Waals surface area contributed by atoms with E-state index >= 15 is 0 Å². The van der Waals surface area contributed by atoms with Gasteiger partial charge in [0.05, 0.1) is 4.91 Å². The molecule has 1 aliphatic rings. The van der Waals surface area contributed by atoms with Crippen LogP contribution in [0.2, 0.25) is 5.02 Å². The van der Waals surface area contributed by atoms with Crippen molar-refractivity contribution in [1.82, 2.24) is 4.90 Å². The van der Waals surface area contributed by atoms with E-state index in [9.17, 15) is 9.59 Å². The molecule has 2 amide bonds. The van der Waals surface area contributed by atoms with E-state index < -0.39 is 11.8 Å². The Morgan fingerprint density at radius 3 is 2.31 bits per heavy atom. The van der Waals surface area contributed by atoms with E-state index in [-0.39, 0.29) is 4.32 Å². The smallest absolute Gasteiger partial charge is 0.273 e. The van der Waals surface area contributed by atoms with E-state index in [0.29, 0.717) is 15.5 Å².